The van der Waals surface area contributed by atoms with Crippen LogP contribution in [0.15, 0.2) is 0 Å². The molecule has 0 heterocycles. The first-order valence-corrected chi connectivity index (χ1v) is 4.25. The van der Waals surface area contributed by atoms with Crippen LogP contribution in [-0.4, -0.2) is 10.7 Å². The number of aliphatic hydroxyl groups is 1. The quantitative estimate of drug-likeness (QED) is 0.549. The van der Waals surface area contributed by atoms with Crippen molar-refractivity contribution in [3.05, 3.63) is 0 Å². The molecule has 0 amide bonds. The van der Waals surface area contributed by atoms with Crippen LogP contribution in [0.25, 0.3) is 0 Å². The Morgan fingerprint density at radius 2 is 1.90 bits per heavy atom. The second-order valence-corrected chi connectivity index (χ2v) is 4.14. The molecule has 1 N–H and O–H groups in total. The molecule has 1 aliphatic rings. The fourth-order valence-electron chi connectivity index (χ4n) is 1.85. The lowest BCUT2D eigenvalue weighted by atomic mass is 9.73. The first kappa shape index (κ1) is 8.06. The SMILES string of the molecule is C[C@@H]1CC[C@@H](C)[C@](C)(O)C1. The molecule has 0 aliphatic heterocycles. The Morgan fingerprint density at radius 1 is 1.30 bits per heavy atom. The Morgan fingerprint density at radius 3 is 2.30 bits per heavy atom. The van der Waals surface area contributed by atoms with Gasteiger partial charge in [-0.1, -0.05) is 20.3 Å². The van der Waals surface area contributed by atoms with Crippen molar-refractivity contribution < 1.29 is 5.11 Å². The van der Waals surface area contributed by atoms with E-state index in [1.54, 1.807) is 0 Å². The molecule has 1 heteroatoms. The van der Waals surface area contributed by atoms with E-state index in [1.807, 2.05) is 6.92 Å². The van der Waals surface area contributed by atoms with Crippen LogP contribution in [0.3, 0.4) is 0 Å². The lowest BCUT2D eigenvalue weighted by Crippen LogP contribution is -2.38. The first-order chi connectivity index (χ1) is 4.52. The van der Waals surface area contributed by atoms with Crippen molar-refractivity contribution in [3.8, 4) is 0 Å². The van der Waals surface area contributed by atoms with Gasteiger partial charge in [0.05, 0.1) is 5.60 Å². The summed E-state index contributed by atoms with van der Waals surface area (Å²) in [6, 6.07) is 0. The van der Waals surface area contributed by atoms with Gasteiger partial charge in [0.1, 0.15) is 0 Å². The molecule has 0 saturated heterocycles. The van der Waals surface area contributed by atoms with Crippen LogP contribution in [0.4, 0.5) is 0 Å². The second kappa shape index (κ2) is 2.54. The Kier molecular flexibility index (Phi) is 2.04. The van der Waals surface area contributed by atoms with Crippen molar-refractivity contribution in [1.82, 2.24) is 0 Å². The monoisotopic (exact) mass is 142 g/mol. The van der Waals surface area contributed by atoms with Gasteiger partial charge in [-0.15, -0.1) is 0 Å². The Balaban J connectivity index is 2.55. The highest BCUT2D eigenvalue weighted by Gasteiger charge is 2.33. The topological polar surface area (TPSA) is 20.2 Å². The summed E-state index contributed by atoms with van der Waals surface area (Å²) in [5.41, 5.74) is -0.391. The molecule has 0 spiro atoms. The summed E-state index contributed by atoms with van der Waals surface area (Å²) in [6.45, 7) is 6.33. The normalized spacial score (nSPS) is 49.2. The maximum absolute atomic E-state index is 9.81. The van der Waals surface area contributed by atoms with Gasteiger partial charge in [0.25, 0.3) is 0 Å². The van der Waals surface area contributed by atoms with E-state index in [-0.39, 0.29) is 0 Å². The van der Waals surface area contributed by atoms with E-state index in [9.17, 15) is 5.11 Å². The summed E-state index contributed by atoms with van der Waals surface area (Å²) in [6.07, 6.45) is 3.46. The maximum atomic E-state index is 9.81. The van der Waals surface area contributed by atoms with E-state index in [1.165, 1.54) is 12.8 Å². The smallest absolute Gasteiger partial charge is 0.0647 e. The maximum Gasteiger partial charge on any atom is 0.0647 e. The highest BCUT2D eigenvalue weighted by molar-refractivity contribution is 4.85. The summed E-state index contributed by atoms with van der Waals surface area (Å²) < 4.78 is 0. The third kappa shape index (κ3) is 1.51. The van der Waals surface area contributed by atoms with E-state index in [2.05, 4.69) is 13.8 Å². The second-order valence-electron chi connectivity index (χ2n) is 4.14. The molecule has 3 atom stereocenters. The molecule has 0 bridgehead atoms. The summed E-state index contributed by atoms with van der Waals surface area (Å²) in [4.78, 5) is 0. The third-order valence-corrected chi connectivity index (χ3v) is 2.92. The lowest BCUT2D eigenvalue weighted by Gasteiger charge is -2.38. The van der Waals surface area contributed by atoms with Gasteiger partial charge in [-0.2, -0.15) is 0 Å². The van der Waals surface area contributed by atoms with Crippen LogP contribution in [0.5, 0.6) is 0 Å². The summed E-state index contributed by atoms with van der Waals surface area (Å²) in [7, 11) is 0. The van der Waals surface area contributed by atoms with Gasteiger partial charge in [0.2, 0.25) is 0 Å². The Hall–Kier alpha value is -0.0400. The summed E-state index contributed by atoms with van der Waals surface area (Å²) >= 11 is 0. The number of hydrogen-bond acceptors (Lipinski definition) is 1. The zero-order chi connectivity index (χ0) is 7.78. The molecular weight excluding hydrogens is 124 g/mol. The molecule has 0 radical (unpaired) electrons. The van der Waals surface area contributed by atoms with E-state index >= 15 is 0 Å². The number of rotatable bonds is 0. The highest BCUT2D eigenvalue weighted by atomic mass is 16.3. The van der Waals surface area contributed by atoms with Crippen molar-refractivity contribution in [1.29, 1.82) is 0 Å². The molecular formula is C9H18O. The summed E-state index contributed by atoms with van der Waals surface area (Å²) in [5.74, 6) is 1.20. The van der Waals surface area contributed by atoms with Crippen molar-refractivity contribution in [2.45, 2.75) is 45.6 Å². The standard InChI is InChI=1S/C9H18O/c1-7-4-5-8(2)9(3,10)6-7/h7-8,10H,4-6H2,1-3H3/t7-,8-,9-/m1/s1. The fraction of sp³-hybridized carbons (Fsp3) is 1.00. The van der Waals surface area contributed by atoms with E-state index < -0.39 is 5.60 Å². The zero-order valence-electron chi connectivity index (χ0n) is 7.22. The van der Waals surface area contributed by atoms with Crippen LogP contribution < -0.4 is 0 Å². The number of hydrogen-bond donors (Lipinski definition) is 1. The van der Waals surface area contributed by atoms with Crippen molar-refractivity contribution in [2.24, 2.45) is 11.8 Å². The van der Waals surface area contributed by atoms with E-state index in [0.29, 0.717) is 11.8 Å². The zero-order valence-corrected chi connectivity index (χ0v) is 7.22. The fourth-order valence-corrected chi connectivity index (χ4v) is 1.85. The minimum absolute atomic E-state index is 0.391. The molecule has 1 aliphatic carbocycles. The molecule has 0 aromatic carbocycles. The van der Waals surface area contributed by atoms with Gasteiger partial charge < -0.3 is 5.11 Å². The van der Waals surface area contributed by atoms with Gasteiger partial charge >= 0.3 is 0 Å². The van der Waals surface area contributed by atoms with Crippen LogP contribution in [0, 0.1) is 11.8 Å². The van der Waals surface area contributed by atoms with Crippen LogP contribution in [0.2, 0.25) is 0 Å². The third-order valence-electron chi connectivity index (χ3n) is 2.92. The van der Waals surface area contributed by atoms with Gasteiger partial charge in [0, 0.05) is 0 Å². The Labute approximate surface area is 63.4 Å². The largest absolute Gasteiger partial charge is 0.390 e. The minimum atomic E-state index is -0.391. The molecule has 0 aromatic heterocycles. The van der Waals surface area contributed by atoms with Crippen LogP contribution in [-0.2, 0) is 0 Å². The first-order valence-electron chi connectivity index (χ1n) is 4.25. The van der Waals surface area contributed by atoms with Gasteiger partial charge in [-0.05, 0) is 31.6 Å². The van der Waals surface area contributed by atoms with Gasteiger partial charge in [-0.3, -0.25) is 0 Å². The summed E-state index contributed by atoms with van der Waals surface area (Å²) in [5, 5.41) is 9.81. The van der Waals surface area contributed by atoms with Gasteiger partial charge in [-0.25, -0.2) is 0 Å². The minimum Gasteiger partial charge on any atom is -0.390 e. The molecule has 1 rings (SSSR count). The molecule has 1 nitrogen and oxygen atoms in total. The van der Waals surface area contributed by atoms with Crippen molar-refractivity contribution in [3.63, 3.8) is 0 Å². The Bertz CT molecular complexity index is 118. The van der Waals surface area contributed by atoms with E-state index in [0.717, 1.165) is 6.42 Å². The molecule has 0 aromatic rings. The predicted octanol–water partition coefficient (Wildman–Crippen LogP) is 2.19. The van der Waals surface area contributed by atoms with Crippen molar-refractivity contribution in [2.75, 3.05) is 0 Å². The van der Waals surface area contributed by atoms with Gasteiger partial charge in [0.15, 0.2) is 0 Å². The average Bonchev–Trinajstić information content (AvgIpc) is 1.78. The van der Waals surface area contributed by atoms with Crippen LogP contribution >= 0.6 is 0 Å². The molecule has 0 unspecified atom stereocenters. The molecule has 10 heavy (non-hydrogen) atoms. The average molecular weight is 142 g/mol. The lowest BCUT2D eigenvalue weighted by molar-refractivity contribution is -0.0403. The molecule has 1 saturated carbocycles. The molecule has 60 valence electrons. The predicted molar refractivity (Wildman–Crippen MR) is 42.8 cm³/mol. The van der Waals surface area contributed by atoms with E-state index in [4.69, 9.17) is 0 Å². The van der Waals surface area contributed by atoms with Crippen molar-refractivity contribution >= 4 is 0 Å². The molecule has 1 fully saturated rings. The van der Waals surface area contributed by atoms with Crippen LogP contribution in [0.1, 0.15) is 40.0 Å². The highest BCUT2D eigenvalue weighted by Crippen LogP contribution is 2.35.